The van der Waals surface area contributed by atoms with Crippen molar-refractivity contribution >= 4 is 17.7 Å². The molecule has 3 amide bonds. The average Bonchev–Trinajstić information content (AvgIpc) is 3.10. The summed E-state index contributed by atoms with van der Waals surface area (Å²) in [6.45, 7) is 12.8. The smallest absolute Gasteiger partial charge is 0.251 e. The molecule has 2 aromatic rings. The summed E-state index contributed by atoms with van der Waals surface area (Å²) in [5.41, 5.74) is 3.05. The number of rotatable bonds is 12. The molecule has 0 unspecified atom stereocenters. The fraction of sp³-hybridized carbons (Fsp3) is 0.615. The van der Waals surface area contributed by atoms with Crippen LogP contribution in [0.3, 0.4) is 0 Å². The van der Waals surface area contributed by atoms with Crippen molar-refractivity contribution in [2.24, 2.45) is 11.3 Å². The lowest BCUT2D eigenvalue weighted by molar-refractivity contribution is -0.166. The van der Waals surface area contributed by atoms with E-state index in [1.807, 2.05) is 23.1 Å². The highest BCUT2D eigenvalue weighted by molar-refractivity contribution is 6.00. The van der Waals surface area contributed by atoms with E-state index in [1.165, 1.54) is 5.56 Å². The van der Waals surface area contributed by atoms with Gasteiger partial charge in [-0.3, -0.25) is 19.3 Å². The van der Waals surface area contributed by atoms with Gasteiger partial charge in [0.2, 0.25) is 11.8 Å². The van der Waals surface area contributed by atoms with Crippen LogP contribution in [0.1, 0.15) is 93.3 Å². The molecule has 3 aliphatic heterocycles. The van der Waals surface area contributed by atoms with Gasteiger partial charge in [0.1, 0.15) is 17.3 Å². The van der Waals surface area contributed by atoms with Crippen molar-refractivity contribution in [3.05, 3.63) is 64.7 Å². The normalized spacial score (nSPS) is 21.0. The lowest BCUT2D eigenvalue weighted by Gasteiger charge is -2.52. The third-order valence-corrected chi connectivity index (χ3v) is 10.4. The number of likely N-dealkylation sites (tertiary alicyclic amines) is 1. The number of piperidine rings is 1. The molecule has 10 nitrogen and oxygen atoms in total. The fourth-order valence-corrected chi connectivity index (χ4v) is 7.34. The molecule has 2 atom stereocenters. The van der Waals surface area contributed by atoms with Crippen LogP contribution in [-0.4, -0.2) is 96.8 Å². The van der Waals surface area contributed by atoms with Crippen LogP contribution in [0.2, 0.25) is 0 Å². The summed E-state index contributed by atoms with van der Waals surface area (Å²) in [7, 11) is 1.63. The molecular formula is C39H56N4O6. The maximum atomic E-state index is 13.9. The number of ether oxygens (including phenoxy) is 2. The average molecular weight is 677 g/mol. The Balaban J connectivity index is 1.18. The highest BCUT2D eigenvalue weighted by atomic mass is 16.5. The van der Waals surface area contributed by atoms with Gasteiger partial charge in [-0.2, -0.15) is 0 Å². The van der Waals surface area contributed by atoms with Crippen LogP contribution < -0.4 is 15.4 Å². The Morgan fingerprint density at radius 2 is 1.76 bits per heavy atom. The Hall–Kier alpha value is -3.47. The van der Waals surface area contributed by atoms with Crippen molar-refractivity contribution in [2.45, 2.75) is 96.9 Å². The summed E-state index contributed by atoms with van der Waals surface area (Å²) in [5.74, 6) is 0.254. The Morgan fingerprint density at radius 3 is 2.39 bits per heavy atom. The number of benzene rings is 2. The highest BCUT2D eigenvalue weighted by Gasteiger charge is 2.55. The highest BCUT2D eigenvalue weighted by Crippen LogP contribution is 2.36. The minimum absolute atomic E-state index is 0.00374. The zero-order valence-corrected chi connectivity index (χ0v) is 30.1. The van der Waals surface area contributed by atoms with Crippen molar-refractivity contribution < 1.29 is 29.0 Å². The van der Waals surface area contributed by atoms with E-state index in [0.29, 0.717) is 82.8 Å². The summed E-state index contributed by atoms with van der Waals surface area (Å²) >= 11 is 0. The molecule has 3 saturated heterocycles. The van der Waals surface area contributed by atoms with Gasteiger partial charge >= 0.3 is 0 Å². The maximum Gasteiger partial charge on any atom is 0.251 e. The van der Waals surface area contributed by atoms with Crippen LogP contribution in [0.25, 0.3) is 0 Å². The molecule has 10 heteroatoms. The van der Waals surface area contributed by atoms with E-state index in [4.69, 9.17) is 9.47 Å². The molecule has 5 rings (SSSR count). The third-order valence-electron chi connectivity index (χ3n) is 10.4. The number of nitrogens with one attached hydrogen (secondary N) is 2. The lowest BCUT2D eigenvalue weighted by atomic mass is 9.79. The number of methoxy groups -OCH3 is 1. The minimum atomic E-state index is -0.907. The molecule has 3 aliphatic rings. The number of hydrogen-bond acceptors (Lipinski definition) is 7. The van der Waals surface area contributed by atoms with Gasteiger partial charge in [-0.25, -0.2) is 0 Å². The van der Waals surface area contributed by atoms with Gasteiger partial charge in [0, 0.05) is 57.9 Å². The number of piperazine rings is 1. The number of aliphatic hydroxyl groups is 1. The largest absolute Gasteiger partial charge is 0.496 e. The second kappa shape index (κ2) is 16.0. The topological polar surface area (TPSA) is 120 Å². The number of unbranched alkanes of at least 4 members (excludes halogenated alkanes) is 1. The van der Waals surface area contributed by atoms with Crippen molar-refractivity contribution in [1.82, 2.24) is 20.4 Å². The second-order valence-electron chi connectivity index (χ2n) is 15.3. The predicted octanol–water partition coefficient (Wildman–Crippen LogP) is 4.31. The lowest BCUT2D eigenvalue weighted by Crippen LogP contribution is -2.75. The first-order valence-corrected chi connectivity index (χ1v) is 18.1. The van der Waals surface area contributed by atoms with Gasteiger partial charge in [0.05, 0.1) is 13.2 Å². The number of carbonyl (C=O) groups excluding carboxylic acids is 3. The molecule has 268 valence electrons. The summed E-state index contributed by atoms with van der Waals surface area (Å²) in [6.07, 6.45) is 4.03. The van der Waals surface area contributed by atoms with Crippen LogP contribution in [0, 0.1) is 11.3 Å². The van der Waals surface area contributed by atoms with Crippen LogP contribution in [0.5, 0.6) is 5.75 Å². The van der Waals surface area contributed by atoms with E-state index in [9.17, 15) is 19.5 Å². The number of aliphatic hydroxyl groups excluding tert-OH is 1. The molecule has 0 radical (unpaired) electrons. The van der Waals surface area contributed by atoms with Crippen molar-refractivity contribution in [2.75, 3.05) is 46.5 Å². The second-order valence-corrected chi connectivity index (χ2v) is 15.3. The molecule has 0 saturated carbocycles. The monoisotopic (exact) mass is 676 g/mol. The first kappa shape index (κ1) is 36.8. The Kier molecular flexibility index (Phi) is 12.0. The van der Waals surface area contributed by atoms with E-state index < -0.39 is 17.7 Å². The molecule has 3 N–H and O–H groups in total. The number of hydrogen-bond donors (Lipinski definition) is 3. The Morgan fingerprint density at radius 1 is 1.08 bits per heavy atom. The Labute approximate surface area is 291 Å². The van der Waals surface area contributed by atoms with Crippen LogP contribution in [0.4, 0.5) is 0 Å². The first-order valence-electron chi connectivity index (χ1n) is 18.1. The van der Waals surface area contributed by atoms with Crippen LogP contribution >= 0.6 is 0 Å². The van der Waals surface area contributed by atoms with E-state index in [-0.39, 0.29) is 29.1 Å². The summed E-state index contributed by atoms with van der Waals surface area (Å²) in [6, 6.07) is 13.3. The number of nitrogens with zero attached hydrogens (tertiary/aromatic N) is 2. The van der Waals surface area contributed by atoms with Crippen LogP contribution in [0.15, 0.2) is 42.5 Å². The molecule has 0 aliphatic carbocycles. The molecule has 1 spiro atoms. The molecule has 0 aromatic heterocycles. The van der Waals surface area contributed by atoms with Gasteiger partial charge in [-0.15, -0.1) is 0 Å². The first-order chi connectivity index (χ1) is 23.4. The standard InChI is InChI=1S/C39H56N4O6/c1-6-7-18-43-36(46)33(34(44)29-14-21-49-22-15-29)41-37(47)39(43)16-19-42(20-17-39)25-28-10-8-27(9-11-28)23-30-12-13-31(24-32(30)48-5)35(45)40-26-38(2,3)4/h8-13,24,29,33-34,44H,6-7,14-23,25-26H2,1-5H3,(H,40,45)(H,41,47)/t33-,34-/m1/s1. The molecule has 3 fully saturated rings. The summed E-state index contributed by atoms with van der Waals surface area (Å²) in [4.78, 5) is 44.6. The van der Waals surface area contributed by atoms with E-state index >= 15 is 0 Å². The van der Waals surface area contributed by atoms with Gasteiger partial charge in [-0.05, 0) is 72.3 Å². The van der Waals surface area contributed by atoms with Gasteiger partial charge in [-0.1, -0.05) is 64.4 Å². The molecule has 49 heavy (non-hydrogen) atoms. The number of carbonyl (C=O) groups is 3. The maximum absolute atomic E-state index is 13.9. The van der Waals surface area contributed by atoms with E-state index in [2.05, 4.69) is 67.5 Å². The zero-order chi connectivity index (χ0) is 35.2. The summed E-state index contributed by atoms with van der Waals surface area (Å²) < 4.78 is 11.1. The van der Waals surface area contributed by atoms with Gasteiger partial charge in [0.15, 0.2) is 0 Å². The quantitative estimate of drug-likeness (QED) is 0.307. The van der Waals surface area contributed by atoms with E-state index in [0.717, 1.165) is 30.5 Å². The molecule has 3 heterocycles. The van der Waals surface area contributed by atoms with Gasteiger partial charge in [0.25, 0.3) is 5.91 Å². The van der Waals surface area contributed by atoms with E-state index in [1.54, 1.807) is 7.11 Å². The summed E-state index contributed by atoms with van der Waals surface area (Å²) in [5, 5.41) is 17.2. The van der Waals surface area contributed by atoms with Gasteiger partial charge < -0.3 is 30.1 Å². The fourth-order valence-electron chi connectivity index (χ4n) is 7.34. The SMILES string of the molecule is CCCCN1C(=O)[C@@H]([C@H](O)C2CCOCC2)NC(=O)C12CCN(Cc1ccc(Cc3ccc(C(=O)NCC(C)(C)C)cc3OC)cc1)CC2. The third kappa shape index (κ3) is 8.83. The molecule has 0 bridgehead atoms. The minimum Gasteiger partial charge on any atom is -0.496 e. The van der Waals surface area contributed by atoms with Crippen molar-refractivity contribution in [1.29, 1.82) is 0 Å². The van der Waals surface area contributed by atoms with Crippen molar-refractivity contribution in [3.8, 4) is 5.75 Å². The predicted molar refractivity (Wildman–Crippen MR) is 189 cm³/mol. The zero-order valence-electron chi connectivity index (χ0n) is 30.1. The molecule has 2 aromatic carbocycles. The number of amides is 3. The van der Waals surface area contributed by atoms with Crippen LogP contribution in [-0.2, 0) is 27.3 Å². The molecular weight excluding hydrogens is 620 g/mol. The van der Waals surface area contributed by atoms with Crippen molar-refractivity contribution in [3.63, 3.8) is 0 Å². The Bertz CT molecular complexity index is 1440.